The summed E-state index contributed by atoms with van der Waals surface area (Å²) in [6, 6.07) is 0. The van der Waals surface area contributed by atoms with Gasteiger partial charge in [0.05, 0.1) is 0 Å². The molecule has 0 saturated heterocycles. The highest BCUT2D eigenvalue weighted by molar-refractivity contribution is 5.78. The van der Waals surface area contributed by atoms with Crippen LogP contribution in [0.2, 0.25) is 0 Å². The molecule has 2 N–H and O–H groups in total. The third-order valence-corrected chi connectivity index (χ3v) is 3.93. The SMILES string of the molecule is CCC(C)C(=O)NCCCCCCCCCCCC(=O)O. The molecule has 0 aliphatic heterocycles. The maximum atomic E-state index is 11.5. The minimum absolute atomic E-state index is 0.131. The predicted molar refractivity (Wildman–Crippen MR) is 86.3 cm³/mol. The summed E-state index contributed by atoms with van der Waals surface area (Å²) in [6.07, 6.45) is 11.4. The lowest BCUT2D eigenvalue weighted by Crippen LogP contribution is -2.29. The van der Waals surface area contributed by atoms with E-state index >= 15 is 0 Å². The average molecular weight is 299 g/mol. The molecule has 4 nitrogen and oxygen atoms in total. The van der Waals surface area contributed by atoms with E-state index in [1.165, 1.54) is 32.1 Å². The quantitative estimate of drug-likeness (QED) is 0.474. The number of amides is 1. The molecule has 0 aromatic heterocycles. The first kappa shape index (κ1) is 19.9. The largest absolute Gasteiger partial charge is 0.481 e. The average Bonchev–Trinajstić information content (AvgIpc) is 2.46. The minimum atomic E-state index is -0.685. The second kappa shape index (κ2) is 13.9. The van der Waals surface area contributed by atoms with Gasteiger partial charge in [-0.15, -0.1) is 0 Å². The number of nitrogens with one attached hydrogen (secondary N) is 1. The second-order valence-corrected chi connectivity index (χ2v) is 5.93. The summed E-state index contributed by atoms with van der Waals surface area (Å²) in [6.45, 7) is 4.80. The zero-order valence-electron chi connectivity index (χ0n) is 13.8. The van der Waals surface area contributed by atoms with Crippen molar-refractivity contribution in [3.8, 4) is 0 Å². The number of hydrogen-bond acceptors (Lipinski definition) is 2. The third kappa shape index (κ3) is 13.7. The molecule has 0 saturated carbocycles. The molecule has 0 fully saturated rings. The Bertz CT molecular complexity index is 279. The maximum absolute atomic E-state index is 11.5. The number of carbonyl (C=O) groups excluding carboxylic acids is 1. The Morgan fingerprint density at radius 2 is 1.38 bits per heavy atom. The molecule has 0 rings (SSSR count). The molecular formula is C17H33NO3. The Hall–Kier alpha value is -1.06. The summed E-state index contributed by atoms with van der Waals surface area (Å²) in [4.78, 5) is 21.9. The summed E-state index contributed by atoms with van der Waals surface area (Å²) in [5, 5.41) is 11.5. The Morgan fingerprint density at radius 3 is 1.86 bits per heavy atom. The molecule has 0 aromatic carbocycles. The van der Waals surface area contributed by atoms with Gasteiger partial charge in [0, 0.05) is 18.9 Å². The molecule has 0 spiro atoms. The molecule has 0 radical (unpaired) electrons. The van der Waals surface area contributed by atoms with Crippen molar-refractivity contribution >= 4 is 11.9 Å². The van der Waals surface area contributed by atoms with Crippen LogP contribution in [0.3, 0.4) is 0 Å². The minimum Gasteiger partial charge on any atom is -0.481 e. The summed E-state index contributed by atoms with van der Waals surface area (Å²) in [5.74, 6) is -0.375. The van der Waals surface area contributed by atoms with Crippen LogP contribution in [0.1, 0.15) is 84.5 Å². The van der Waals surface area contributed by atoms with Crippen LogP contribution >= 0.6 is 0 Å². The van der Waals surface area contributed by atoms with Crippen molar-refractivity contribution in [1.29, 1.82) is 0 Å². The smallest absolute Gasteiger partial charge is 0.303 e. The highest BCUT2D eigenvalue weighted by Crippen LogP contribution is 2.10. The highest BCUT2D eigenvalue weighted by Gasteiger charge is 2.08. The van der Waals surface area contributed by atoms with E-state index in [1.807, 2.05) is 13.8 Å². The van der Waals surface area contributed by atoms with Crippen molar-refractivity contribution in [2.45, 2.75) is 84.5 Å². The first-order chi connectivity index (χ1) is 10.1. The zero-order valence-corrected chi connectivity index (χ0v) is 13.8. The number of carbonyl (C=O) groups is 2. The first-order valence-corrected chi connectivity index (χ1v) is 8.57. The summed E-state index contributed by atoms with van der Waals surface area (Å²) >= 11 is 0. The molecule has 0 heterocycles. The lowest BCUT2D eigenvalue weighted by Gasteiger charge is -2.09. The normalized spacial score (nSPS) is 12.1. The highest BCUT2D eigenvalue weighted by atomic mass is 16.4. The van der Waals surface area contributed by atoms with Gasteiger partial charge in [0.1, 0.15) is 0 Å². The number of unbranched alkanes of at least 4 members (excludes halogenated alkanes) is 8. The van der Waals surface area contributed by atoms with Crippen molar-refractivity contribution in [3.63, 3.8) is 0 Å². The van der Waals surface area contributed by atoms with E-state index in [2.05, 4.69) is 5.32 Å². The topological polar surface area (TPSA) is 66.4 Å². The fourth-order valence-electron chi connectivity index (χ4n) is 2.21. The molecule has 0 aromatic rings. The summed E-state index contributed by atoms with van der Waals surface area (Å²) in [7, 11) is 0. The summed E-state index contributed by atoms with van der Waals surface area (Å²) < 4.78 is 0. The van der Waals surface area contributed by atoms with Gasteiger partial charge in [-0.2, -0.15) is 0 Å². The van der Waals surface area contributed by atoms with Crippen molar-refractivity contribution in [2.24, 2.45) is 5.92 Å². The Labute approximate surface area is 129 Å². The molecule has 0 aliphatic rings. The summed E-state index contributed by atoms with van der Waals surface area (Å²) in [5.41, 5.74) is 0. The molecular weight excluding hydrogens is 266 g/mol. The lowest BCUT2D eigenvalue weighted by atomic mass is 10.1. The Balaban J connectivity index is 3.16. The molecule has 0 bridgehead atoms. The van der Waals surface area contributed by atoms with E-state index in [0.717, 1.165) is 38.6 Å². The molecule has 1 unspecified atom stereocenters. The van der Waals surface area contributed by atoms with Crippen LogP contribution in [-0.2, 0) is 9.59 Å². The van der Waals surface area contributed by atoms with Gasteiger partial charge in [-0.3, -0.25) is 9.59 Å². The van der Waals surface area contributed by atoms with Crippen LogP contribution in [0.4, 0.5) is 0 Å². The predicted octanol–water partition coefficient (Wildman–Crippen LogP) is 4.13. The van der Waals surface area contributed by atoms with Gasteiger partial charge in [0.25, 0.3) is 0 Å². The van der Waals surface area contributed by atoms with Gasteiger partial charge in [-0.05, 0) is 19.3 Å². The number of carboxylic acids is 1. The lowest BCUT2D eigenvalue weighted by molar-refractivity contribution is -0.137. The first-order valence-electron chi connectivity index (χ1n) is 8.57. The van der Waals surface area contributed by atoms with E-state index in [1.54, 1.807) is 0 Å². The van der Waals surface area contributed by atoms with E-state index in [4.69, 9.17) is 5.11 Å². The van der Waals surface area contributed by atoms with Crippen LogP contribution in [0.15, 0.2) is 0 Å². The van der Waals surface area contributed by atoms with Gasteiger partial charge in [0.15, 0.2) is 0 Å². The van der Waals surface area contributed by atoms with Crippen molar-refractivity contribution in [3.05, 3.63) is 0 Å². The van der Waals surface area contributed by atoms with Crippen molar-refractivity contribution in [2.75, 3.05) is 6.54 Å². The molecule has 1 amide bonds. The Kier molecular flexibility index (Phi) is 13.2. The molecule has 0 aliphatic carbocycles. The van der Waals surface area contributed by atoms with E-state index < -0.39 is 5.97 Å². The number of hydrogen-bond donors (Lipinski definition) is 2. The van der Waals surface area contributed by atoms with Gasteiger partial charge < -0.3 is 10.4 Å². The van der Waals surface area contributed by atoms with Gasteiger partial charge in [-0.25, -0.2) is 0 Å². The van der Waals surface area contributed by atoms with E-state index in [-0.39, 0.29) is 11.8 Å². The monoisotopic (exact) mass is 299 g/mol. The van der Waals surface area contributed by atoms with Crippen LogP contribution < -0.4 is 5.32 Å². The second-order valence-electron chi connectivity index (χ2n) is 5.93. The molecule has 1 atom stereocenters. The zero-order chi connectivity index (χ0) is 15.9. The fourth-order valence-corrected chi connectivity index (χ4v) is 2.21. The third-order valence-electron chi connectivity index (χ3n) is 3.93. The van der Waals surface area contributed by atoms with Gasteiger partial charge >= 0.3 is 5.97 Å². The van der Waals surface area contributed by atoms with Crippen molar-refractivity contribution < 1.29 is 14.7 Å². The Morgan fingerprint density at radius 1 is 0.905 bits per heavy atom. The molecule has 124 valence electrons. The standard InChI is InChI=1S/C17H33NO3/c1-3-15(2)17(21)18-14-12-10-8-6-4-5-7-9-11-13-16(19)20/h15H,3-14H2,1-2H3,(H,18,21)(H,19,20). The van der Waals surface area contributed by atoms with Crippen LogP contribution in [0.5, 0.6) is 0 Å². The fraction of sp³-hybridized carbons (Fsp3) is 0.882. The van der Waals surface area contributed by atoms with Crippen molar-refractivity contribution in [1.82, 2.24) is 5.32 Å². The molecule has 21 heavy (non-hydrogen) atoms. The number of carboxylic acid groups (broad SMARTS) is 1. The molecule has 4 heteroatoms. The number of aliphatic carboxylic acids is 1. The van der Waals surface area contributed by atoms with Crippen LogP contribution in [-0.4, -0.2) is 23.5 Å². The maximum Gasteiger partial charge on any atom is 0.303 e. The van der Waals surface area contributed by atoms with Crippen LogP contribution in [0, 0.1) is 5.92 Å². The van der Waals surface area contributed by atoms with E-state index in [9.17, 15) is 9.59 Å². The number of rotatable bonds is 14. The van der Waals surface area contributed by atoms with Gasteiger partial charge in [-0.1, -0.05) is 58.8 Å². The van der Waals surface area contributed by atoms with Gasteiger partial charge in [0.2, 0.25) is 5.91 Å². The van der Waals surface area contributed by atoms with E-state index in [0.29, 0.717) is 6.42 Å². The van der Waals surface area contributed by atoms with Crippen LogP contribution in [0.25, 0.3) is 0 Å².